The number of hydrogen-bond donors (Lipinski definition) is 1. The summed E-state index contributed by atoms with van der Waals surface area (Å²) < 4.78 is 34.6. The van der Waals surface area contributed by atoms with E-state index in [4.69, 9.17) is 16.3 Å². The molecule has 0 aliphatic heterocycles. The van der Waals surface area contributed by atoms with E-state index >= 15 is 0 Å². The first-order chi connectivity index (χ1) is 11.4. The average Bonchev–Trinajstić information content (AvgIpc) is 2.51. The number of methoxy groups -OCH3 is 1. The summed E-state index contributed by atoms with van der Waals surface area (Å²) in [7, 11) is 1.52. The minimum atomic E-state index is -0.862. The van der Waals surface area contributed by atoms with Gasteiger partial charge in [-0.05, 0) is 18.6 Å². The number of ether oxygens (including phenoxy) is 1. The monoisotopic (exact) mass is 421 g/mol. The highest BCUT2D eigenvalue weighted by molar-refractivity contribution is 9.10. The zero-order valence-electron chi connectivity index (χ0n) is 12.9. The maximum absolute atomic E-state index is 14.0. The van der Waals surface area contributed by atoms with E-state index in [-0.39, 0.29) is 28.1 Å². The quantitative estimate of drug-likeness (QED) is 0.755. The van der Waals surface area contributed by atoms with E-state index < -0.39 is 22.9 Å². The van der Waals surface area contributed by atoms with Gasteiger partial charge >= 0.3 is 0 Å². The first-order valence-corrected chi connectivity index (χ1v) is 8.23. The van der Waals surface area contributed by atoms with Crippen LogP contribution in [0.15, 0.2) is 27.6 Å². The highest BCUT2D eigenvalue weighted by Crippen LogP contribution is 2.26. The zero-order valence-corrected chi connectivity index (χ0v) is 15.3. The lowest BCUT2D eigenvalue weighted by Gasteiger charge is -2.18. The fourth-order valence-corrected chi connectivity index (χ4v) is 2.79. The molecule has 24 heavy (non-hydrogen) atoms. The van der Waals surface area contributed by atoms with Gasteiger partial charge in [0.25, 0.3) is 5.56 Å². The van der Waals surface area contributed by atoms with Crippen LogP contribution in [0.4, 0.5) is 20.3 Å². The van der Waals surface area contributed by atoms with Crippen molar-refractivity contribution in [3.8, 4) is 0 Å². The number of aromatic nitrogens is 2. The SMILES string of the molecule is CCC(COC)n1cc(Cl)nc(Nc2c(F)cc(Br)cc2F)c1=O. The number of hydrogen-bond acceptors (Lipinski definition) is 4. The predicted octanol–water partition coefficient (Wildman–Crippen LogP) is 4.28. The second kappa shape index (κ2) is 8.04. The Balaban J connectivity index is 2.49. The second-order valence-corrected chi connectivity index (χ2v) is 6.31. The molecule has 1 heterocycles. The Bertz CT molecular complexity index is 778. The van der Waals surface area contributed by atoms with Gasteiger partial charge in [-0.2, -0.15) is 0 Å². The summed E-state index contributed by atoms with van der Waals surface area (Å²) in [5, 5.41) is 2.42. The van der Waals surface area contributed by atoms with Gasteiger partial charge in [0.2, 0.25) is 0 Å². The van der Waals surface area contributed by atoms with Crippen molar-refractivity contribution in [1.29, 1.82) is 0 Å². The molecule has 5 nitrogen and oxygen atoms in total. The summed E-state index contributed by atoms with van der Waals surface area (Å²) in [5.41, 5.74) is -1.03. The van der Waals surface area contributed by atoms with E-state index in [1.54, 1.807) is 0 Å². The van der Waals surface area contributed by atoms with E-state index in [1.807, 2.05) is 6.92 Å². The molecule has 0 fully saturated rings. The molecule has 1 N–H and O–H groups in total. The third-order valence-electron chi connectivity index (χ3n) is 3.38. The van der Waals surface area contributed by atoms with E-state index in [0.717, 1.165) is 12.1 Å². The maximum atomic E-state index is 14.0. The molecule has 0 radical (unpaired) electrons. The van der Waals surface area contributed by atoms with E-state index in [2.05, 4.69) is 26.2 Å². The highest BCUT2D eigenvalue weighted by Gasteiger charge is 2.18. The van der Waals surface area contributed by atoms with Crippen LogP contribution in [0.2, 0.25) is 5.15 Å². The summed E-state index contributed by atoms with van der Waals surface area (Å²) in [5.74, 6) is -1.99. The maximum Gasteiger partial charge on any atom is 0.294 e. The number of halogens is 4. The molecule has 0 saturated carbocycles. The molecule has 0 spiro atoms. The van der Waals surface area contributed by atoms with Gasteiger partial charge in [-0.25, -0.2) is 13.8 Å². The van der Waals surface area contributed by atoms with Crippen LogP contribution in [-0.4, -0.2) is 23.3 Å². The molecule has 9 heteroatoms. The Morgan fingerprint density at radius 2 is 2.04 bits per heavy atom. The van der Waals surface area contributed by atoms with Gasteiger partial charge < -0.3 is 14.6 Å². The molecule has 1 atom stereocenters. The molecule has 130 valence electrons. The van der Waals surface area contributed by atoms with Gasteiger partial charge in [0.15, 0.2) is 17.5 Å². The summed E-state index contributed by atoms with van der Waals surface area (Å²) in [4.78, 5) is 16.4. The van der Waals surface area contributed by atoms with Gasteiger partial charge in [-0.1, -0.05) is 34.5 Å². The standard InChI is InChI=1S/C15H15BrClF2N3O2/c1-3-9(7-24-2)22-6-12(17)20-14(15(22)23)21-13-10(18)4-8(16)5-11(13)19/h4-6,9H,3,7H2,1-2H3,(H,20,21). The molecule has 0 aliphatic carbocycles. The minimum absolute atomic E-state index is 0.0181. The van der Waals surface area contributed by atoms with Gasteiger partial charge in [0.1, 0.15) is 10.8 Å². The molecule has 0 aliphatic rings. The average molecular weight is 423 g/mol. The summed E-state index contributed by atoms with van der Waals surface area (Å²) in [6, 6.07) is 1.88. The van der Waals surface area contributed by atoms with E-state index in [9.17, 15) is 13.6 Å². The largest absolute Gasteiger partial charge is 0.383 e. The topological polar surface area (TPSA) is 56.1 Å². The number of anilines is 2. The Kier molecular flexibility index (Phi) is 6.31. The summed E-state index contributed by atoms with van der Waals surface area (Å²) in [6.07, 6.45) is 1.98. The Hall–Kier alpha value is -1.51. The lowest BCUT2D eigenvalue weighted by molar-refractivity contribution is 0.151. The van der Waals surface area contributed by atoms with Crippen LogP contribution in [0.25, 0.3) is 0 Å². The van der Waals surface area contributed by atoms with Crippen molar-refractivity contribution in [1.82, 2.24) is 9.55 Å². The number of nitrogens with zero attached hydrogens (tertiary/aromatic N) is 2. The number of benzene rings is 1. The molecular formula is C15H15BrClF2N3O2. The molecule has 0 saturated heterocycles. The third-order valence-corrected chi connectivity index (χ3v) is 4.02. The molecule has 0 bridgehead atoms. The van der Waals surface area contributed by atoms with Gasteiger partial charge in [0, 0.05) is 17.8 Å². The molecule has 2 aromatic rings. The van der Waals surface area contributed by atoms with Crippen molar-refractivity contribution < 1.29 is 13.5 Å². The van der Waals surface area contributed by atoms with Crippen molar-refractivity contribution in [3.05, 3.63) is 49.9 Å². The molecule has 0 amide bonds. The lowest BCUT2D eigenvalue weighted by atomic mass is 10.2. The Morgan fingerprint density at radius 1 is 1.42 bits per heavy atom. The van der Waals surface area contributed by atoms with Crippen LogP contribution in [0.1, 0.15) is 19.4 Å². The number of nitrogens with one attached hydrogen (secondary N) is 1. The van der Waals surface area contributed by atoms with Crippen molar-refractivity contribution in [2.75, 3.05) is 19.0 Å². The molecule has 1 aromatic heterocycles. The van der Waals surface area contributed by atoms with Crippen LogP contribution in [0.5, 0.6) is 0 Å². The highest BCUT2D eigenvalue weighted by atomic mass is 79.9. The fraction of sp³-hybridized carbons (Fsp3) is 0.333. The van der Waals surface area contributed by atoms with E-state index in [1.165, 1.54) is 17.9 Å². The zero-order chi connectivity index (χ0) is 17.9. The van der Waals surface area contributed by atoms with Gasteiger partial charge in [-0.3, -0.25) is 4.79 Å². The van der Waals surface area contributed by atoms with Crippen molar-refractivity contribution in [2.45, 2.75) is 19.4 Å². The van der Waals surface area contributed by atoms with Crippen LogP contribution in [0, 0.1) is 11.6 Å². The van der Waals surface area contributed by atoms with Crippen molar-refractivity contribution in [3.63, 3.8) is 0 Å². The number of rotatable bonds is 6. The first-order valence-electron chi connectivity index (χ1n) is 7.06. The minimum Gasteiger partial charge on any atom is -0.383 e. The molecule has 1 aromatic carbocycles. The lowest BCUT2D eigenvalue weighted by Crippen LogP contribution is -2.29. The Morgan fingerprint density at radius 3 is 2.58 bits per heavy atom. The molecule has 1 unspecified atom stereocenters. The van der Waals surface area contributed by atoms with Crippen molar-refractivity contribution in [2.24, 2.45) is 0 Å². The van der Waals surface area contributed by atoms with Crippen LogP contribution in [0.3, 0.4) is 0 Å². The van der Waals surface area contributed by atoms with E-state index in [0.29, 0.717) is 6.42 Å². The van der Waals surface area contributed by atoms with Crippen LogP contribution in [-0.2, 0) is 4.74 Å². The van der Waals surface area contributed by atoms with Crippen molar-refractivity contribution >= 4 is 39.0 Å². The molecular weight excluding hydrogens is 408 g/mol. The van der Waals surface area contributed by atoms with Crippen LogP contribution < -0.4 is 10.9 Å². The fourth-order valence-electron chi connectivity index (χ4n) is 2.20. The Labute approximate surface area is 150 Å². The smallest absolute Gasteiger partial charge is 0.294 e. The third kappa shape index (κ3) is 4.12. The van der Waals surface area contributed by atoms with Crippen LogP contribution >= 0.6 is 27.5 Å². The van der Waals surface area contributed by atoms with Gasteiger partial charge in [0.05, 0.1) is 12.6 Å². The molecule has 2 rings (SSSR count). The van der Waals surface area contributed by atoms with Gasteiger partial charge in [-0.15, -0.1) is 0 Å². The normalized spacial score (nSPS) is 12.2. The second-order valence-electron chi connectivity index (χ2n) is 5.01. The predicted molar refractivity (Wildman–Crippen MR) is 92.1 cm³/mol. The summed E-state index contributed by atoms with van der Waals surface area (Å²) in [6.45, 7) is 2.17. The summed E-state index contributed by atoms with van der Waals surface area (Å²) >= 11 is 8.94. The first kappa shape index (κ1) is 18.8.